The monoisotopic (exact) mass is 386 g/mol. The number of rotatable bonds is 18. The molecule has 0 aromatic carbocycles. The molecule has 0 aliphatic rings. The Balaban J connectivity index is 0. The summed E-state index contributed by atoms with van der Waals surface area (Å²) >= 11 is 0. The number of hydrogen-bond acceptors (Lipinski definition) is 4. The van der Waals surface area contributed by atoms with Gasteiger partial charge in [0.05, 0.1) is 16.2 Å². The van der Waals surface area contributed by atoms with E-state index in [0.717, 1.165) is 12.8 Å². The maximum atomic E-state index is 10.5. The summed E-state index contributed by atoms with van der Waals surface area (Å²) in [4.78, 5) is 0. The van der Waals surface area contributed by atoms with Crippen LogP contribution in [0.25, 0.3) is 0 Å². The van der Waals surface area contributed by atoms with Gasteiger partial charge in [-0.1, -0.05) is 96.8 Å². The number of hydrogen-bond donors (Lipinski definition) is 1. The Morgan fingerprint density at radius 2 is 1.08 bits per heavy atom. The van der Waals surface area contributed by atoms with Gasteiger partial charge in [-0.2, -0.15) is 0 Å². The number of aliphatic hydroxyl groups excluding tert-OH is 1. The van der Waals surface area contributed by atoms with Crippen LogP contribution in [0.5, 0.6) is 0 Å². The first-order valence-electron chi connectivity index (χ1n) is 10.1. The topological polar surface area (TPSA) is 77.4 Å². The molecule has 0 saturated heterocycles. The quantitative estimate of drug-likeness (QED) is 0.222. The average Bonchev–Trinajstić information content (AvgIpc) is 2.52. The van der Waals surface area contributed by atoms with Gasteiger partial charge in [-0.3, -0.25) is 0 Å². The molecule has 0 fully saturated rings. The molecular formula is C19H39NaO4S. The van der Waals surface area contributed by atoms with E-state index in [9.17, 15) is 18.1 Å². The van der Waals surface area contributed by atoms with Crippen LogP contribution in [0.4, 0.5) is 0 Å². The Hall–Kier alpha value is 0.870. The van der Waals surface area contributed by atoms with E-state index in [2.05, 4.69) is 6.92 Å². The first kappa shape index (κ1) is 28.1. The molecule has 0 radical (unpaired) electrons. The molecule has 0 aromatic heterocycles. The van der Waals surface area contributed by atoms with E-state index in [1.807, 2.05) is 0 Å². The Bertz CT molecular complexity index is 360. The largest absolute Gasteiger partial charge is 1.00 e. The van der Waals surface area contributed by atoms with E-state index in [1.165, 1.54) is 77.0 Å². The van der Waals surface area contributed by atoms with Gasteiger partial charge >= 0.3 is 29.6 Å². The van der Waals surface area contributed by atoms with Crippen molar-refractivity contribution in [3.05, 3.63) is 0 Å². The van der Waals surface area contributed by atoms with Crippen LogP contribution in [-0.2, 0) is 10.1 Å². The second kappa shape index (κ2) is 19.6. The third-order valence-corrected chi connectivity index (χ3v) is 5.33. The second-order valence-corrected chi connectivity index (χ2v) is 8.61. The second-order valence-electron chi connectivity index (χ2n) is 7.09. The fourth-order valence-corrected chi connectivity index (χ4v) is 3.56. The Labute approximate surface area is 178 Å². The molecule has 0 heterocycles. The first-order valence-corrected chi connectivity index (χ1v) is 11.6. The molecule has 0 rings (SSSR count). The minimum Gasteiger partial charge on any atom is -0.748 e. The predicted molar refractivity (Wildman–Crippen MR) is 100 cm³/mol. The summed E-state index contributed by atoms with van der Waals surface area (Å²) in [6.07, 6.45) is 18.1. The van der Waals surface area contributed by atoms with Crippen molar-refractivity contribution in [2.45, 2.75) is 116 Å². The fraction of sp³-hybridized carbons (Fsp3) is 1.00. The molecule has 4 nitrogen and oxygen atoms in total. The summed E-state index contributed by atoms with van der Waals surface area (Å²) in [6, 6.07) is 0. The smallest absolute Gasteiger partial charge is 0.748 e. The van der Waals surface area contributed by atoms with Gasteiger partial charge in [-0.25, -0.2) is 8.42 Å². The molecule has 0 amide bonds. The summed E-state index contributed by atoms with van der Waals surface area (Å²) in [5.74, 6) is -0.452. The summed E-state index contributed by atoms with van der Waals surface area (Å²) in [7, 11) is -4.19. The third kappa shape index (κ3) is 24.9. The summed E-state index contributed by atoms with van der Waals surface area (Å²) in [6.45, 7) is 2.25. The zero-order valence-electron chi connectivity index (χ0n) is 16.7. The van der Waals surface area contributed by atoms with Crippen molar-refractivity contribution in [2.75, 3.05) is 5.75 Å². The molecule has 1 unspecified atom stereocenters. The van der Waals surface area contributed by atoms with Crippen molar-refractivity contribution in [3.63, 3.8) is 0 Å². The summed E-state index contributed by atoms with van der Waals surface area (Å²) < 4.78 is 31.4. The van der Waals surface area contributed by atoms with Gasteiger partial charge in [0.2, 0.25) is 0 Å². The van der Waals surface area contributed by atoms with Crippen LogP contribution in [-0.4, -0.2) is 29.9 Å². The molecule has 0 saturated carbocycles. The van der Waals surface area contributed by atoms with Crippen molar-refractivity contribution < 1.29 is 47.6 Å². The summed E-state index contributed by atoms with van der Waals surface area (Å²) in [5, 5.41) is 9.60. The van der Waals surface area contributed by atoms with Crippen LogP contribution < -0.4 is 29.6 Å². The van der Waals surface area contributed by atoms with E-state index in [4.69, 9.17) is 0 Å². The minimum atomic E-state index is -4.19. The van der Waals surface area contributed by atoms with E-state index in [0.29, 0.717) is 6.42 Å². The molecular weight excluding hydrogens is 347 g/mol. The van der Waals surface area contributed by atoms with Crippen molar-refractivity contribution in [1.82, 2.24) is 0 Å². The van der Waals surface area contributed by atoms with Crippen LogP contribution >= 0.6 is 0 Å². The Kier molecular flexibility index (Phi) is 22.0. The Morgan fingerprint density at radius 1 is 0.720 bits per heavy atom. The summed E-state index contributed by atoms with van der Waals surface area (Å²) in [5.41, 5.74) is 0. The molecule has 0 spiro atoms. The van der Waals surface area contributed by atoms with Crippen LogP contribution in [0.1, 0.15) is 110 Å². The average molecular weight is 387 g/mol. The Morgan fingerprint density at radius 3 is 1.44 bits per heavy atom. The molecule has 1 atom stereocenters. The van der Waals surface area contributed by atoms with Crippen molar-refractivity contribution in [1.29, 1.82) is 0 Å². The maximum absolute atomic E-state index is 10.5. The van der Waals surface area contributed by atoms with Gasteiger partial charge in [0.15, 0.2) is 0 Å². The first-order chi connectivity index (χ1) is 11.5. The van der Waals surface area contributed by atoms with Gasteiger partial charge < -0.3 is 9.66 Å². The molecule has 25 heavy (non-hydrogen) atoms. The van der Waals surface area contributed by atoms with Crippen LogP contribution in [0.15, 0.2) is 0 Å². The van der Waals surface area contributed by atoms with Crippen LogP contribution in [0.2, 0.25) is 0 Å². The van der Waals surface area contributed by atoms with Gasteiger partial charge in [-0.15, -0.1) is 0 Å². The minimum absolute atomic E-state index is 0. The van der Waals surface area contributed by atoms with Crippen LogP contribution in [0.3, 0.4) is 0 Å². The van der Waals surface area contributed by atoms with E-state index < -0.39 is 22.0 Å². The SMILES string of the molecule is CCCCCCCCCCCCCCCCC(O)CCS(=O)(=O)[O-].[Na+]. The standard InChI is InChI=1S/C19H40O4S.Na/c1-2-3-4-5-6-7-8-9-10-11-12-13-14-15-16-19(20)17-18-24(21,22)23;/h19-20H,2-18H2,1H3,(H,21,22,23);/q;+1/p-1. The molecule has 146 valence electrons. The fourth-order valence-electron chi connectivity index (χ4n) is 3.00. The van der Waals surface area contributed by atoms with Gasteiger partial charge in [-0.05, 0) is 12.8 Å². The molecule has 0 aliphatic heterocycles. The predicted octanol–water partition coefficient (Wildman–Crippen LogP) is 2.16. The zero-order chi connectivity index (χ0) is 18.1. The molecule has 6 heteroatoms. The van der Waals surface area contributed by atoms with Crippen molar-refractivity contribution >= 4 is 10.1 Å². The van der Waals surface area contributed by atoms with Gasteiger partial charge in [0, 0.05) is 5.75 Å². The van der Waals surface area contributed by atoms with E-state index in [-0.39, 0.29) is 36.0 Å². The number of unbranched alkanes of at least 4 members (excludes halogenated alkanes) is 13. The molecule has 0 aliphatic carbocycles. The van der Waals surface area contributed by atoms with E-state index in [1.54, 1.807) is 0 Å². The zero-order valence-corrected chi connectivity index (χ0v) is 19.5. The van der Waals surface area contributed by atoms with Crippen molar-refractivity contribution in [2.24, 2.45) is 0 Å². The maximum Gasteiger partial charge on any atom is 1.00 e. The van der Waals surface area contributed by atoms with Gasteiger partial charge in [0.25, 0.3) is 0 Å². The molecule has 1 N–H and O–H groups in total. The van der Waals surface area contributed by atoms with Crippen molar-refractivity contribution in [3.8, 4) is 0 Å². The number of aliphatic hydroxyl groups is 1. The third-order valence-electron chi connectivity index (χ3n) is 4.59. The van der Waals surface area contributed by atoms with Gasteiger partial charge in [0.1, 0.15) is 0 Å². The molecule has 0 bridgehead atoms. The molecule has 0 aromatic rings. The normalized spacial score (nSPS) is 12.8. The van der Waals surface area contributed by atoms with E-state index >= 15 is 0 Å². The van der Waals surface area contributed by atoms with Crippen LogP contribution in [0, 0.1) is 0 Å².